The molecule has 3 aromatic carbocycles. The van der Waals surface area contributed by atoms with Crippen LogP contribution in [0.5, 0.6) is 0 Å². The predicted molar refractivity (Wildman–Crippen MR) is 193 cm³/mol. The van der Waals surface area contributed by atoms with E-state index in [1.54, 1.807) is 5.57 Å². The van der Waals surface area contributed by atoms with Crippen LogP contribution in [0.1, 0.15) is 128 Å². The van der Waals surface area contributed by atoms with Crippen LogP contribution in [-0.4, -0.2) is 0 Å². The molecule has 6 rings (SSSR count). The Labute approximate surface area is 260 Å². The van der Waals surface area contributed by atoms with Gasteiger partial charge < -0.3 is 0 Å². The fraction of sp³-hybridized carbons (Fsp3) is 0.429. The van der Waals surface area contributed by atoms with Crippen molar-refractivity contribution < 1.29 is 0 Å². The standard InChI is InChI=1S/3C12H14.3C2H6/c1-9(2)11-7-6-10-4-3-5-12(10)8-11;1-9(2)12-7-10-5-3-4-6-11(10)8-12;1-9(2)11-8-7-10-5-3-4-6-12(10)11;3*1-2/h3-4,6-9H,5H2,1-2H3;3-7,9H,8H2,1-2H3;3-6,8-9H,7H2,1-2H3;3*1-2H3. The molecule has 0 heterocycles. The van der Waals surface area contributed by atoms with Crippen molar-refractivity contribution in [3.05, 3.63) is 123 Å². The van der Waals surface area contributed by atoms with Gasteiger partial charge in [0.1, 0.15) is 0 Å². The van der Waals surface area contributed by atoms with E-state index < -0.39 is 0 Å². The molecule has 0 aromatic heterocycles. The molecular formula is C42H60. The third-order valence-corrected chi connectivity index (χ3v) is 7.49. The lowest BCUT2D eigenvalue weighted by atomic mass is 9.97. The van der Waals surface area contributed by atoms with Crippen LogP contribution in [0.3, 0.4) is 0 Å². The summed E-state index contributed by atoms with van der Waals surface area (Å²) >= 11 is 0. The summed E-state index contributed by atoms with van der Waals surface area (Å²) in [6.07, 6.45) is 12.5. The highest BCUT2D eigenvalue weighted by atomic mass is 14.2. The molecule has 0 atom stereocenters. The van der Waals surface area contributed by atoms with Crippen molar-refractivity contribution in [2.24, 2.45) is 11.8 Å². The Bertz CT molecular complexity index is 1280. The second kappa shape index (κ2) is 19.9. The van der Waals surface area contributed by atoms with Crippen LogP contribution < -0.4 is 0 Å². The molecule has 0 radical (unpaired) electrons. The summed E-state index contributed by atoms with van der Waals surface area (Å²) in [5, 5.41) is 0. The summed E-state index contributed by atoms with van der Waals surface area (Å²) < 4.78 is 0. The fourth-order valence-electron chi connectivity index (χ4n) is 5.17. The average molecular weight is 565 g/mol. The summed E-state index contributed by atoms with van der Waals surface area (Å²) in [5.74, 6) is 2.00. The van der Waals surface area contributed by atoms with E-state index in [9.17, 15) is 0 Å². The second-order valence-corrected chi connectivity index (χ2v) is 11.1. The minimum absolute atomic E-state index is 0.649. The van der Waals surface area contributed by atoms with E-state index in [0.717, 1.165) is 19.3 Å². The van der Waals surface area contributed by atoms with Crippen molar-refractivity contribution in [3.8, 4) is 0 Å². The van der Waals surface area contributed by atoms with E-state index in [2.05, 4.69) is 133 Å². The monoisotopic (exact) mass is 564 g/mol. The van der Waals surface area contributed by atoms with Crippen LogP contribution in [0.4, 0.5) is 0 Å². The minimum Gasteiger partial charge on any atom is -0.0795 e. The van der Waals surface area contributed by atoms with Crippen LogP contribution >= 0.6 is 0 Å². The van der Waals surface area contributed by atoms with Crippen LogP contribution in [0, 0.1) is 11.8 Å². The zero-order chi connectivity index (χ0) is 31.7. The Morgan fingerprint density at radius 3 is 1.76 bits per heavy atom. The largest absolute Gasteiger partial charge is 0.0795 e. The number of fused-ring (bicyclic) bond motifs is 3. The molecule has 0 unspecified atom stereocenters. The van der Waals surface area contributed by atoms with Gasteiger partial charge in [0.2, 0.25) is 0 Å². The topological polar surface area (TPSA) is 0 Å². The quantitative estimate of drug-likeness (QED) is 0.297. The Balaban J connectivity index is 0.000000289. The Morgan fingerprint density at radius 1 is 0.548 bits per heavy atom. The van der Waals surface area contributed by atoms with Gasteiger partial charge in [-0.2, -0.15) is 0 Å². The van der Waals surface area contributed by atoms with Crippen molar-refractivity contribution in [1.82, 2.24) is 0 Å². The number of rotatable bonds is 3. The third-order valence-electron chi connectivity index (χ3n) is 7.49. The predicted octanol–water partition coefficient (Wildman–Crippen LogP) is 13.0. The van der Waals surface area contributed by atoms with Crippen molar-refractivity contribution in [2.75, 3.05) is 0 Å². The third kappa shape index (κ3) is 10.6. The van der Waals surface area contributed by atoms with Crippen molar-refractivity contribution >= 4 is 17.7 Å². The zero-order valence-corrected chi connectivity index (χ0v) is 29.0. The molecule has 0 aliphatic heterocycles. The van der Waals surface area contributed by atoms with Gasteiger partial charge in [0.25, 0.3) is 0 Å². The number of hydrogen-bond donors (Lipinski definition) is 0. The van der Waals surface area contributed by atoms with Crippen molar-refractivity contribution in [1.29, 1.82) is 0 Å². The summed E-state index contributed by atoms with van der Waals surface area (Å²) in [7, 11) is 0. The Hall–Kier alpha value is -3.12. The zero-order valence-electron chi connectivity index (χ0n) is 29.0. The molecule has 0 spiro atoms. The first-order chi connectivity index (χ1) is 20.3. The van der Waals surface area contributed by atoms with Crippen LogP contribution in [-0.2, 0) is 19.3 Å². The lowest BCUT2D eigenvalue weighted by Crippen LogP contribution is -1.92. The summed E-state index contributed by atoms with van der Waals surface area (Å²) in [4.78, 5) is 0. The first-order valence-corrected chi connectivity index (χ1v) is 16.7. The SMILES string of the molecule is CC.CC.CC.CC(C)C1=CCc2ccccc21.CC(C)C1=Cc2ccccc2C1.CC(C)c1ccc2c(c1)CC=C2. The van der Waals surface area contributed by atoms with E-state index in [4.69, 9.17) is 0 Å². The summed E-state index contributed by atoms with van der Waals surface area (Å²) in [6, 6.07) is 24.2. The lowest BCUT2D eigenvalue weighted by Gasteiger charge is -2.08. The molecule has 0 heteroatoms. The van der Waals surface area contributed by atoms with Gasteiger partial charge in [0.15, 0.2) is 0 Å². The van der Waals surface area contributed by atoms with Gasteiger partial charge in [0.05, 0.1) is 0 Å². The first-order valence-electron chi connectivity index (χ1n) is 16.7. The van der Waals surface area contributed by atoms with Crippen LogP contribution in [0.2, 0.25) is 0 Å². The molecule has 0 saturated heterocycles. The van der Waals surface area contributed by atoms with Gasteiger partial charge in [-0.3, -0.25) is 0 Å². The van der Waals surface area contributed by atoms with Gasteiger partial charge in [-0.05, 0) is 81.5 Å². The number of benzene rings is 3. The summed E-state index contributed by atoms with van der Waals surface area (Å²) in [5.41, 5.74) is 13.3. The van der Waals surface area contributed by atoms with E-state index in [1.807, 2.05) is 41.5 Å². The van der Waals surface area contributed by atoms with E-state index >= 15 is 0 Å². The lowest BCUT2D eigenvalue weighted by molar-refractivity contribution is 0.754. The van der Waals surface area contributed by atoms with Gasteiger partial charge >= 0.3 is 0 Å². The molecule has 0 nitrogen and oxygen atoms in total. The molecule has 42 heavy (non-hydrogen) atoms. The second-order valence-electron chi connectivity index (χ2n) is 11.1. The number of hydrogen-bond acceptors (Lipinski definition) is 0. The molecule has 0 bridgehead atoms. The molecule has 0 amide bonds. The summed E-state index contributed by atoms with van der Waals surface area (Å²) in [6.45, 7) is 25.5. The molecule has 0 N–H and O–H groups in total. The van der Waals surface area contributed by atoms with Crippen molar-refractivity contribution in [2.45, 2.75) is 108 Å². The van der Waals surface area contributed by atoms with Gasteiger partial charge in [-0.25, -0.2) is 0 Å². The minimum atomic E-state index is 0.649. The average Bonchev–Trinajstić information content (AvgIpc) is 3.78. The van der Waals surface area contributed by atoms with Gasteiger partial charge in [-0.15, -0.1) is 0 Å². The van der Waals surface area contributed by atoms with E-state index in [-0.39, 0.29) is 0 Å². The smallest absolute Gasteiger partial charge is 0.00553 e. The normalized spacial score (nSPS) is 12.8. The Morgan fingerprint density at radius 2 is 1.17 bits per heavy atom. The fourth-order valence-corrected chi connectivity index (χ4v) is 5.17. The van der Waals surface area contributed by atoms with Gasteiger partial charge in [0, 0.05) is 0 Å². The van der Waals surface area contributed by atoms with Crippen molar-refractivity contribution in [3.63, 3.8) is 0 Å². The highest BCUT2D eigenvalue weighted by Gasteiger charge is 2.15. The molecule has 0 saturated carbocycles. The highest BCUT2D eigenvalue weighted by molar-refractivity contribution is 5.74. The Kier molecular flexibility index (Phi) is 17.5. The highest BCUT2D eigenvalue weighted by Crippen LogP contribution is 2.32. The molecule has 3 aliphatic carbocycles. The number of allylic oxidation sites excluding steroid dienone is 4. The molecule has 3 aromatic rings. The molecule has 228 valence electrons. The maximum atomic E-state index is 2.36. The molecule has 0 fully saturated rings. The first kappa shape index (κ1) is 36.9. The van der Waals surface area contributed by atoms with Crippen LogP contribution in [0.15, 0.2) is 84.5 Å². The maximum Gasteiger partial charge on any atom is -0.00553 e. The van der Waals surface area contributed by atoms with Gasteiger partial charge in [-0.1, -0.05) is 180 Å². The van der Waals surface area contributed by atoms with E-state index in [1.165, 1.54) is 44.5 Å². The molecule has 3 aliphatic rings. The van der Waals surface area contributed by atoms with Crippen LogP contribution in [0.25, 0.3) is 17.7 Å². The van der Waals surface area contributed by atoms with E-state index in [0.29, 0.717) is 17.8 Å². The maximum absolute atomic E-state index is 2.36. The molecular weight excluding hydrogens is 504 g/mol.